The molecule has 0 aliphatic carbocycles. The minimum Gasteiger partial charge on any atom is -0.390 e. The summed E-state index contributed by atoms with van der Waals surface area (Å²) in [6, 6.07) is 0. The smallest absolute Gasteiger partial charge is 0.126 e. The maximum absolute atomic E-state index is 12.7. The van der Waals surface area contributed by atoms with Crippen molar-refractivity contribution in [2.24, 2.45) is 0 Å². The Morgan fingerprint density at radius 3 is 2.55 bits per heavy atom. The normalized spacial score (nSPS) is 16.0. The minimum atomic E-state index is -1.07. The Bertz CT molecular complexity index is 123. The summed E-state index contributed by atoms with van der Waals surface area (Å²) in [5, 5.41) is 9.15. The van der Waals surface area contributed by atoms with Gasteiger partial charge in [0.25, 0.3) is 0 Å². The van der Waals surface area contributed by atoms with Gasteiger partial charge >= 0.3 is 0 Å². The van der Waals surface area contributed by atoms with Gasteiger partial charge < -0.3 is 5.11 Å². The lowest BCUT2D eigenvalue weighted by Crippen LogP contribution is -2.20. The number of rotatable bonds is 5. The van der Waals surface area contributed by atoms with Crippen LogP contribution in [0.25, 0.3) is 0 Å². The van der Waals surface area contributed by atoms with Crippen molar-refractivity contribution >= 4 is 0 Å². The largest absolute Gasteiger partial charge is 0.390 e. The molecule has 1 N–H and O–H groups in total. The molecule has 0 radical (unpaired) electrons. The van der Waals surface area contributed by atoms with E-state index in [0.29, 0.717) is 19.3 Å². The average Bonchev–Trinajstić information content (AvgIpc) is 1.98. The van der Waals surface area contributed by atoms with Crippen molar-refractivity contribution in [2.75, 3.05) is 0 Å². The minimum absolute atomic E-state index is 0.386. The van der Waals surface area contributed by atoms with Gasteiger partial charge in [0.1, 0.15) is 6.17 Å². The van der Waals surface area contributed by atoms with Crippen LogP contribution >= 0.6 is 0 Å². The Hall–Kier alpha value is -0.370. The lowest BCUT2D eigenvalue weighted by molar-refractivity contribution is 0.0688. The zero-order valence-electron chi connectivity index (χ0n) is 7.31. The third-order valence-electron chi connectivity index (χ3n) is 1.67. The molecule has 0 aliphatic rings. The van der Waals surface area contributed by atoms with E-state index in [1.165, 1.54) is 0 Å². The SMILES string of the molecule is C=C(C)CC[C@H](O)[C@H](F)CC. The lowest BCUT2D eigenvalue weighted by Gasteiger charge is -2.13. The van der Waals surface area contributed by atoms with Gasteiger partial charge in [-0.1, -0.05) is 12.5 Å². The fraction of sp³-hybridized carbons (Fsp3) is 0.778. The molecule has 66 valence electrons. The second-order valence-electron chi connectivity index (χ2n) is 2.99. The van der Waals surface area contributed by atoms with Crippen LogP contribution in [0.4, 0.5) is 4.39 Å². The van der Waals surface area contributed by atoms with E-state index < -0.39 is 12.3 Å². The number of halogens is 1. The van der Waals surface area contributed by atoms with Crippen molar-refractivity contribution in [3.63, 3.8) is 0 Å². The summed E-state index contributed by atoms with van der Waals surface area (Å²) in [6.07, 6.45) is -0.297. The molecule has 0 aromatic rings. The van der Waals surface area contributed by atoms with E-state index >= 15 is 0 Å². The second-order valence-corrected chi connectivity index (χ2v) is 2.99. The Balaban J connectivity index is 3.51. The van der Waals surface area contributed by atoms with Gasteiger partial charge in [0.2, 0.25) is 0 Å². The van der Waals surface area contributed by atoms with E-state index in [0.717, 1.165) is 5.57 Å². The van der Waals surface area contributed by atoms with Crippen molar-refractivity contribution in [3.05, 3.63) is 12.2 Å². The summed E-state index contributed by atoms with van der Waals surface area (Å²) in [7, 11) is 0. The van der Waals surface area contributed by atoms with Gasteiger partial charge in [0.05, 0.1) is 6.10 Å². The van der Waals surface area contributed by atoms with Crippen LogP contribution in [-0.2, 0) is 0 Å². The molecule has 0 saturated carbocycles. The molecule has 0 heterocycles. The van der Waals surface area contributed by atoms with Gasteiger partial charge in [-0.05, 0) is 26.2 Å². The molecule has 0 saturated heterocycles. The quantitative estimate of drug-likeness (QED) is 0.612. The summed E-state index contributed by atoms with van der Waals surface area (Å²) in [4.78, 5) is 0. The van der Waals surface area contributed by atoms with Gasteiger partial charge in [0.15, 0.2) is 0 Å². The molecule has 0 aliphatic heterocycles. The predicted octanol–water partition coefficient (Wildman–Crippen LogP) is 2.45. The predicted molar refractivity (Wildman–Crippen MR) is 45.2 cm³/mol. The summed E-state index contributed by atoms with van der Waals surface area (Å²) in [5.74, 6) is 0. The standard InChI is InChI=1S/C9H17FO/c1-4-8(10)9(11)6-5-7(2)3/h8-9,11H,2,4-6H2,1,3H3/t8-,9+/m1/s1. The molecule has 0 spiro atoms. The van der Waals surface area contributed by atoms with E-state index in [2.05, 4.69) is 6.58 Å². The zero-order chi connectivity index (χ0) is 8.85. The maximum atomic E-state index is 12.7. The summed E-state index contributed by atoms with van der Waals surface area (Å²) in [5.41, 5.74) is 0.993. The first-order valence-electron chi connectivity index (χ1n) is 4.04. The van der Waals surface area contributed by atoms with Gasteiger partial charge in [0, 0.05) is 0 Å². The topological polar surface area (TPSA) is 20.2 Å². The highest BCUT2D eigenvalue weighted by atomic mass is 19.1. The van der Waals surface area contributed by atoms with Gasteiger partial charge in [-0.3, -0.25) is 0 Å². The number of hydrogen-bond donors (Lipinski definition) is 1. The number of alkyl halides is 1. The van der Waals surface area contributed by atoms with Crippen LogP contribution in [0.3, 0.4) is 0 Å². The zero-order valence-corrected chi connectivity index (χ0v) is 7.31. The van der Waals surface area contributed by atoms with Crippen LogP contribution in [0.5, 0.6) is 0 Å². The molecule has 0 rings (SSSR count). The van der Waals surface area contributed by atoms with Crippen LogP contribution in [0.2, 0.25) is 0 Å². The first-order valence-corrected chi connectivity index (χ1v) is 4.04. The van der Waals surface area contributed by atoms with Crippen molar-refractivity contribution in [1.29, 1.82) is 0 Å². The first-order chi connectivity index (χ1) is 5.07. The van der Waals surface area contributed by atoms with Crippen molar-refractivity contribution in [2.45, 2.75) is 45.4 Å². The monoisotopic (exact) mass is 160 g/mol. The maximum Gasteiger partial charge on any atom is 0.126 e. The van der Waals surface area contributed by atoms with E-state index in [1.54, 1.807) is 6.92 Å². The number of aliphatic hydroxyl groups is 1. The van der Waals surface area contributed by atoms with Crippen LogP contribution in [0, 0.1) is 0 Å². The molecule has 0 aromatic carbocycles. The molecule has 2 heteroatoms. The number of allylic oxidation sites excluding steroid dienone is 1. The Labute approximate surface area is 67.9 Å². The molecule has 2 atom stereocenters. The summed E-state index contributed by atoms with van der Waals surface area (Å²) >= 11 is 0. The number of aliphatic hydroxyl groups excluding tert-OH is 1. The van der Waals surface area contributed by atoms with Crippen LogP contribution in [-0.4, -0.2) is 17.4 Å². The molecular weight excluding hydrogens is 143 g/mol. The Kier molecular flexibility index (Phi) is 5.12. The van der Waals surface area contributed by atoms with E-state index in [4.69, 9.17) is 5.11 Å². The van der Waals surface area contributed by atoms with Gasteiger partial charge in [-0.2, -0.15) is 0 Å². The van der Waals surface area contributed by atoms with E-state index in [1.807, 2.05) is 6.92 Å². The van der Waals surface area contributed by atoms with Crippen molar-refractivity contribution in [3.8, 4) is 0 Å². The number of hydrogen-bond acceptors (Lipinski definition) is 1. The van der Waals surface area contributed by atoms with Crippen LogP contribution in [0.1, 0.15) is 33.1 Å². The molecule has 11 heavy (non-hydrogen) atoms. The second kappa shape index (κ2) is 5.30. The lowest BCUT2D eigenvalue weighted by atomic mass is 10.1. The molecule has 1 nitrogen and oxygen atoms in total. The highest BCUT2D eigenvalue weighted by molar-refractivity contribution is 4.88. The third kappa shape index (κ3) is 4.96. The molecule has 0 unspecified atom stereocenters. The van der Waals surface area contributed by atoms with Crippen molar-refractivity contribution in [1.82, 2.24) is 0 Å². The van der Waals surface area contributed by atoms with E-state index in [9.17, 15) is 4.39 Å². The fourth-order valence-corrected chi connectivity index (χ4v) is 0.847. The third-order valence-corrected chi connectivity index (χ3v) is 1.67. The first kappa shape index (κ1) is 10.6. The Morgan fingerprint density at radius 1 is 1.64 bits per heavy atom. The summed E-state index contributed by atoms with van der Waals surface area (Å²) < 4.78 is 12.7. The molecule has 0 bridgehead atoms. The highest BCUT2D eigenvalue weighted by Gasteiger charge is 2.14. The van der Waals surface area contributed by atoms with Crippen LogP contribution < -0.4 is 0 Å². The molecule has 0 amide bonds. The van der Waals surface area contributed by atoms with Crippen molar-refractivity contribution < 1.29 is 9.50 Å². The van der Waals surface area contributed by atoms with Gasteiger partial charge in [-0.25, -0.2) is 4.39 Å². The highest BCUT2D eigenvalue weighted by Crippen LogP contribution is 2.12. The van der Waals surface area contributed by atoms with Gasteiger partial charge in [-0.15, -0.1) is 6.58 Å². The molecule has 0 aromatic heterocycles. The summed E-state index contributed by atoms with van der Waals surface area (Å²) in [6.45, 7) is 7.29. The fourth-order valence-electron chi connectivity index (χ4n) is 0.847. The molecule has 0 fully saturated rings. The van der Waals surface area contributed by atoms with E-state index in [-0.39, 0.29) is 0 Å². The Morgan fingerprint density at radius 2 is 2.18 bits per heavy atom. The average molecular weight is 160 g/mol. The molecular formula is C9H17FO. The van der Waals surface area contributed by atoms with Crippen LogP contribution in [0.15, 0.2) is 12.2 Å².